The molecular weight excluding hydrogens is 234 g/mol. The van der Waals surface area contributed by atoms with Gasteiger partial charge in [0.1, 0.15) is 12.4 Å². The summed E-state index contributed by atoms with van der Waals surface area (Å²) in [5.74, 6) is -1.31. The maximum Gasteiger partial charge on any atom is 0.326 e. The number of aromatic nitrogens is 2. The summed E-state index contributed by atoms with van der Waals surface area (Å²) in [5, 5.41) is 11.5. The van der Waals surface area contributed by atoms with Crippen molar-refractivity contribution >= 4 is 11.9 Å². The molecule has 0 unspecified atom stereocenters. The summed E-state index contributed by atoms with van der Waals surface area (Å²) in [6.45, 7) is 5.48. The first-order valence-electron chi connectivity index (χ1n) is 5.72. The zero-order valence-electron chi connectivity index (χ0n) is 10.7. The molecule has 2 N–H and O–H groups in total. The summed E-state index contributed by atoms with van der Waals surface area (Å²) in [6, 6.07) is -0.892. The summed E-state index contributed by atoms with van der Waals surface area (Å²) in [6.07, 6.45) is 3.11. The van der Waals surface area contributed by atoms with Crippen molar-refractivity contribution in [3.63, 3.8) is 0 Å². The lowest BCUT2D eigenvalue weighted by atomic mass is 10.0. The predicted octanol–water partition coefficient (Wildman–Crippen LogP) is 1.01. The third-order valence-electron chi connectivity index (χ3n) is 2.47. The molecule has 6 heteroatoms. The molecule has 0 radical (unpaired) electrons. The first kappa shape index (κ1) is 14.1. The number of hydrogen-bond donors (Lipinski definition) is 2. The standard InChI is InChI=1S/C12H17N3O3/c1-7(2)4-10(12(17)18)15-11(16)9-5-13-6-14-8(9)3/h5-7,10H,4H2,1-3H3,(H,15,16)(H,17,18)/t10-/m1/s1. The summed E-state index contributed by atoms with van der Waals surface area (Å²) in [4.78, 5) is 30.6. The lowest BCUT2D eigenvalue weighted by Gasteiger charge is -2.16. The fourth-order valence-electron chi connectivity index (χ4n) is 1.54. The predicted molar refractivity (Wildman–Crippen MR) is 65.1 cm³/mol. The van der Waals surface area contributed by atoms with Crippen LogP contribution in [0.4, 0.5) is 0 Å². The van der Waals surface area contributed by atoms with Crippen LogP contribution in [0.25, 0.3) is 0 Å². The molecule has 0 fully saturated rings. The van der Waals surface area contributed by atoms with Crippen molar-refractivity contribution in [2.24, 2.45) is 5.92 Å². The Morgan fingerprint density at radius 2 is 2.11 bits per heavy atom. The largest absolute Gasteiger partial charge is 0.480 e. The molecule has 1 aromatic heterocycles. The fraction of sp³-hybridized carbons (Fsp3) is 0.500. The Balaban J connectivity index is 2.79. The number of rotatable bonds is 5. The Morgan fingerprint density at radius 1 is 1.44 bits per heavy atom. The number of amides is 1. The molecule has 6 nitrogen and oxygen atoms in total. The molecule has 0 aromatic carbocycles. The van der Waals surface area contributed by atoms with Gasteiger partial charge in [-0.05, 0) is 19.3 Å². The summed E-state index contributed by atoms with van der Waals surface area (Å²) in [5.41, 5.74) is 0.823. The normalized spacial score (nSPS) is 12.2. The van der Waals surface area contributed by atoms with Crippen LogP contribution in [0.5, 0.6) is 0 Å². The van der Waals surface area contributed by atoms with Crippen LogP contribution >= 0.6 is 0 Å². The van der Waals surface area contributed by atoms with Crippen LogP contribution in [-0.4, -0.2) is 33.0 Å². The Kier molecular flexibility index (Phi) is 4.76. The average molecular weight is 251 g/mol. The van der Waals surface area contributed by atoms with E-state index in [0.717, 1.165) is 0 Å². The first-order chi connectivity index (χ1) is 8.41. The van der Waals surface area contributed by atoms with Crippen molar-refractivity contribution < 1.29 is 14.7 Å². The topological polar surface area (TPSA) is 92.2 Å². The summed E-state index contributed by atoms with van der Waals surface area (Å²) < 4.78 is 0. The van der Waals surface area contributed by atoms with Gasteiger partial charge in [-0.15, -0.1) is 0 Å². The minimum absolute atomic E-state index is 0.180. The third kappa shape index (κ3) is 3.80. The minimum Gasteiger partial charge on any atom is -0.480 e. The van der Waals surface area contributed by atoms with Gasteiger partial charge in [0.05, 0.1) is 11.3 Å². The van der Waals surface area contributed by atoms with Crippen molar-refractivity contribution in [2.75, 3.05) is 0 Å². The van der Waals surface area contributed by atoms with E-state index in [2.05, 4.69) is 15.3 Å². The van der Waals surface area contributed by atoms with Crippen molar-refractivity contribution in [3.05, 3.63) is 23.8 Å². The summed E-state index contributed by atoms with van der Waals surface area (Å²) >= 11 is 0. The summed E-state index contributed by atoms with van der Waals surface area (Å²) in [7, 11) is 0. The van der Waals surface area contributed by atoms with Crippen LogP contribution in [0, 0.1) is 12.8 Å². The van der Waals surface area contributed by atoms with Crippen LogP contribution in [0.1, 0.15) is 36.3 Å². The van der Waals surface area contributed by atoms with Gasteiger partial charge >= 0.3 is 5.97 Å². The molecule has 18 heavy (non-hydrogen) atoms. The van der Waals surface area contributed by atoms with Crippen LogP contribution < -0.4 is 5.32 Å². The van der Waals surface area contributed by atoms with Gasteiger partial charge in [-0.25, -0.2) is 14.8 Å². The quantitative estimate of drug-likeness (QED) is 0.815. The van der Waals surface area contributed by atoms with E-state index in [0.29, 0.717) is 17.7 Å². The van der Waals surface area contributed by atoms with Crippen molar-refractivity contribution in [3.8, 4) is 0 Å². The fourth-order valence-corrected chi connectivity index (χ4v) is 1.54. The lowest BCUT2D eigenvalue weighted by molar-refractivity contribution is -0.139. The van der Waals surface area contributed by atoms with Gasteiger partial charge in [-0.1, -0.05) is 13.8 Å². The van der Waals surface area contributed by atoms with Gasteiger partial charge in [0.15, 0.2) is 0 Å². The van der Waals surface area contributed by atoms with Gasteiger partial charge < -0.3 is 10.4 Å². The van der Waals surface area contributed by atoms with E-state index in [1.807, 2.05) is 13.8 Å². The Labute approximate surface area is 105 Å². The number of carboxylic acid groups (broad SMARTS) is 1. The van der Waals surface area contributed by atoms with Crippen molar-refractivity contribution in [2.45, 2.75) is 33.2 Å². The second-order valence-electron chi connectivity index (χ2n) is 4.52. The van der Waals surface area contributed by atoms with Crippen molar-refractivity contribution in [1.29, 1.82) is 0 Å². The van der Waals surface area contributed by atoms with E-state index >= 15 is 0 Å². The number of carbonyl (C=O) groups excluding carboxylic acids is 1. The minimum atomic E-state index is -1.04. The molecule has 1 rings (SSSR count). The van der Waals surface area contributed by atoms with E-state index in [1.54, 1.807) is 6.92 Å². The highest BCUT2D eigenvalue weighted by atomic mass is 16.4. The van der Waals surface area contributed by atoms with Crippen molar-refractivity contribution in [1.82, 2.24) is 15.3 Å². The smallest absolute Gasteiger partial charge is 0.326 e. The van der Waals surface area contributed by atoms with Gasteiger partial charge in [-0.3, -0.25) is 4.79 Å². The number of nitrogens with zero attached hydrogens (tertiary/aromatic N) is 2. The van der Waals surface area contributed by atoms with Gasteiger partial charge in [0.25, 0.3) is 5.91 Å². The van der Waals surface area contributed by atoms with E-state index in [1.165, 1.54) is 12.5 Å². The molecule has 1 heterocycles. The Morgan fingerprint density at radius 3 is 2.61 bits per heavy atom. The molecule has 0 aliphatic carbocycles. The highest BCUT2D eigenvalue weighted by Crippen LogP contribution is 2.07. The molecule has 1 atom stereocenters. The van der Waals surface area contributed by atoms with Crippen LogP contribution in [0.3, 0.4) is 0 Å². The van der Waals surface area contributed by atoms with Gasteiger partial charge in [0.2, 0.25) is 0 Å². The van der Waals surface area contributed by atoms with Crippen LogP contribution in [-0.2, 0) is 4.79 Å². The molecule has 0 aliphatic rings. The molecule has 0 saturated carbocycles. The zero-order valence-corrected chi connectivity index (χ0v) is 10.7. The molecule has 0 saturated heterocycles. The lowest BCUT2D eigenvalue weighted by Crippen LogP contribution is -2.42. The number of hydrogen-bond acceptors (Lipinski definition) is 4. The first-order valence-corrected chi connectivity index (χ1v) is 5.72. The van der Waals surface area contributed by atoms with E-state index in [4.69, 9.17) is 5.11 Å². The number of aryl methyl sites for hydroxylation is 1. The highest BCUT2D eigenvalue weighted by molar-refractivity contribution is 5.97. The molecule has 0 bridgehead atoms. The molecule has 1 aromatic rings. The molecule has 0 aliphatic heterocycles. The SMILES string of the molecule is Cc1ncncc1C(=O)N[C@H](CC(C)C)C(=O)O. The number of aliphatic carboxylic acids is 1. The third-order valence-corrected chi connectivity index (χ3v) is 2.47. The number of carboxylic acids is 1. The van der Waals surface area contributed by atoms with E-state index in [-0.39, 0.29) is 5.92 Å². The maximum absolute atomic E-state index is 11.9. The second-order valence-corrected chi connectivity index (χ2v) is 4.52. The Hall–Kier alpha value is -1.98. The molecule has 98 valence electrons. The molecule has 1 amide bonds. The Bertz CT molecular complexity index is 446. The highest BCUT2D eigenvalue weighted by Gasteiger charge is 2.22. The zero-order chi connectivity index (χ0) is 13.7. The van der Waals surface area contributed by atoms with Gasteiger partial charge in [-0.2, -0.15) is 0 Å². The number of nitrogens with one attached hydrogen (secondary N) is 1. The van der Waals surface area contributed by atoms with Crippen LogP contribution in [0.15, 0.2) is 12.5 Å². The van der Waals surface area contributed by atoms with E-state index in [9.17, 15) is 9.59 Å². The van der Waals surface area contributed by atoms with Gasteiger partial charge in [0, 0.05) is 6.20 Å². The number of carbonyl (C=O) groups is 2. The van der Waals surface area contributed by atoms with E-state index < -0.39 is 17.9 Å². The second kappa shape index (κ2) is 6.09. The molecular formula is C12H17N3O3. The average Bonchev–Trinajstić information content (AvgIpc) is 2.27. The monoisotopic (exact) mass is 251 g/mol. The van der Waals surface area contributed by atoms with Crippen LogP contribution in [0.2, 0.25) is 0 Å². The molecule has 0 spiro atoms. The maximum atomic E-state index is 11.9.